The van der Waals surface area contributed by atoms with E-state index < -0.39 is 7.92 Å². The molecule has 0 bridgehead atoms. The molecule has 0 saturated carbocycles. The lowest BCUT2D eigenvalue weighted by Crippen LogP contribution is -2.18. The Morgan fingerprint density at radius 2 is 0.903 bits per heavy atom. The molecule has 0 aromatic heterocycles. The fraction of sp³-hybridized carbons (Fsp3) is 0.167. The average Bonchev–Trinajstić information content (AvgIpc) is 2.83. The van der Waals surface area contributed by atoms with Crippen molar-refractivity contribution in [3.63, 3.8) is 0 Å². The first-order chi connectivity index (χ1) is 15.1. The van der Waals surface area contributed by atoms with Crippen molar-refractivity contribution in [2.24, 2.45) is 0 Å². The van der Waals surface area contributed by atoms with Crippen LogP contribution in [0.3, 0.4) is 0 Å². The van der Waals surface area contributed by atoms with Gasteiger partial charge in [0.2, 0.25) is 11.0 Å². The van der Waals surface area contributed by atoms with Crippen LogP contribution in [0.25, 0.3) is 0 Å². The van der Waals surface area contributed by atoms with Crippen LogP contribution >= 0.6 is 7.92 Å². The molecule has 0 N–H and O–H groups in total. The quantitative estimate of drug-likeness (QED) is 0.458. The van der Waals surface area contributed by atoms with Crippen LogP contribution in [0, 0.1) is 0 Å². The molecule has 0 spiro atoms. The Bertz CT molecular complexity index is 969. The molecule has 0 amide bonds. The monoisotopic (exact) mass is 438 g/mol. The standard InChI is InChI=1S/C24H23O6P/c1-27-17-12-8-13-18(28-2)21(17)23(25)31(16-10-6-5-7-11-16)24(26)22-19(29-3)14-9-15-20(22)30-4/h5-15H,1-4H3. The van der Waals surface area contributed by atoms with Crippen molar-refractivity contribution in [1.29, 1.82) is 0 Å². The molecule has 6 nitrogen and oxygen atoms in total. The summed E-state index contributed by atoms with van der Waals surface area (Å²) >= 11 is 0. The summed E-state index contributed by atoms with van der Waals surface area (Å²) in [4.78, 5) is 27.8. The summed E-state index contributed by atoms with van der Waals surface area (Å²) in [7, 11) is 3.88. The fourth-order valence-corrected chi connectivity index (χ4v) is 5.26. The summed E-state index contributed by atoms with van der Waals surface area (Å²) in [6.45, 7) is 0. The van der Waals surface area contributed by atoms with E-state index in [1.807, 2.05) is 6.07 Å². The van der Waals surface area contributed by atoms with Crippen molar-refractivity contribution in [1.82, 2.24) is 0 Å². The van der Waals surface area contributed by atoms with E-state index in [4.69, 9.17) is 18.9 Å². The first-order valence-corrected chi connectivity index (χ1v) is 10.8. The SMILES string of the molecule is COc1cccc(OC)c1C(=O)P(C(=O)c1c(OC)cccc1OC)c1ccccc1. The highest BCUT2D eigenvalue weighted by Gasteiger charge is 2.36. The molecule has 0 saturated heterocycles. The summed E-state index contributed by atoms with van der Waals surface area (Å²) in [5.41, 5.74) is -0.309. The third-order valence-electron chi connectivity index (χ3n) is 4.70. The van der Waals surface area contributed by atoms with Crippen molar-refractivity contribution in [2.45, 2.75) is 0 Å². The summed E-state index contributed by atoms with van der Waals surface area (Å²) in [6, 6.07) is 19.1. The summed E-state index contributed by atoms with van der Waals surface area (Å²) in [6.07, 6.45) is 0. The van der Waals surface area contributed by atoms with Crippen LogP contribution in [0.4, 0.5) is 0 Å². The molecule has 0 aliphatic rings. The minimum absolute atomic E-state index is 0.227. The zero-order valence-corrected chi connectivity index (χ0v) is 18.6. The molecule has 3 aromatic rings. The Morgan fingerprint density at radius 1 is 0.548 bits per heavy atom. The van der Waals surface area contributed by atoms with E-state index in [0.717, 1.165) is 0 Å². The lowest BCUT2D eigenvalue weighted by atomic mass is 10.2. The molecule has 0 unspecified atom stereocenters. The van der Waals surface area contributed by atoms with Gasteiger partial charge in [-0.2, -0.15) is 0 Å². The van der Waals surface area contributed by atoms with E-state index in [2.05, 4.69) is 0 Å². The van der Waals surface area contributed by atoms with Crippen LogP contribution in [0.5, 0.6) is 23.0 Å². The van der Waals surface area contributed by atoms with Crippen LogP contribution in [-0.4, -0.2) is 39.5 Å². The third kappa shape index (κ3) is 4.39. The number of benzene rings is 3. The third-order valence-corrected chi connectivity index (χ3v) is 6.78. The lowest BCUT2D eigenvalue weighted by Gasteiger charge is -2.21. The average molecular weight is 438 g/mol. The van der Waals surface area contributed by atoms with Gasteiger partial charge in [0.15, 0.2) is 0 Å². The normalized spacial score (nSPS) is 10.5. The largest absolute Gasteiger partial charge is 0.496 e. The van der Waals surface area contributed by atoms with Crippen LogP contribution in [0.2, 0.25) is 0 Å². The zero-order chi connectivity index (χ0) is 22.4. The highest BCUT2D eigenvalue weighted by Crippen LogP contribution is 2.49. The van der Waals surface area contributed by atoms with Crippen LogP contribution in [-0.2, 0) is 0 Å². The number of carbonyl (C=O) groups is 2. The number of methoxy groups -OCH3 is 4. The van der Waals surface area contributed by atoms with E-state index in [9.17, 15) is 9.59 Å². The van der Waals surface area contributed by atoms with Gasteiger partial charge in [0, 0.05) is 0 Å². The molecule has 160 valence electrons. The van der Waals surface area contributed by atoms with Gasteiger partial charge in [-0.05, 0) is 29.6 Å². The Hall–Kier alpha value is -3.37. The number of hydrogen-bond donors (Lipinski definition) is 0. The van der Waals surface area contributed by atoms with Crippen molar-refractivity contribution < 1.29 is 28.5 Å². The molecule has 0 aliphatic carbocycles. The maximum absolute atomic E-state index is 13.9. The molecule has 7 heteroatoms. The maximum Gasteiger partial charge on any atom is 0.204 e. The van der Waals surface area contributed by atoms with Crippen molar-refractivity contribution in [2.75, 3.05) is 28.4 Å². The Balaban J connectivity index is 2.24. The number of rotatable bonds is 9. The summed E-state index contributed by atoms with van der Waals surface area (Å²) < 4.78 is 21.7. The second kappa shape index (κ2) is 10.1. The smallest absolute Gasteiger partial charge is 0.204 e. The minimum atomic E-state index is -2.02. The molecule has 0 atom stereocenters. The van der Waals surface area contributed by atoms with E-state index in [1.54, 1.807) is 60.7 Å². The first-order valence-electron chi connectivity index (χ1n) is 9.43. The van der Waals surface area contributed by atoms with Crippen molar-refractivity contribution in [3.8, 4) is 23.0 Å². The Labute approximate surface area is 182 Å². The maximum atomic E-state index is 13.9. The van der Waals surface area contributed by atoms with Crippen molar-refractivity contribution in [3.05, 3.63) is 77.9 Å². The zero-order valence-electron chi connectivity index (χ0n) is 17.7. The number of carbonyl (C=O) groups excluding carboxylic acids is 2. The lowest BCUT2D eigenvalue weighted by molar-refractivity contribution is 0.104. The van der Waals surface area contributed by atoms with Gasteiger partial charge in [-0.1, -0.05) is 42.5 Å². The topological polar surface area (TPSA) is 71.1 Å². The second-order valence-electron chi connectivity index (χ2n) is 6.36. The molecule has 0 fully saturated rings. The van der Waals surface area contributed by atoms with E-state index >= 15 is 0 Å². The van der Waals surface area contributed by atoms with E-state index in [0.29, 0.717) is 28.3 Å². The Kier molecular flexibility index (Phi) is 7.27. The van der Waals surface area contributed by atoms with Crippen molar-refractivity contribution >= 4 is 24.3 Å². The van der Waals surface area contributed by atoms with E-state index in [1.165, 1.54) is 28.4 Å². The highest BCUT2D eigenvalue weighted by atomic mass is 31.1. The molecule has 0 aliphatic heterocycles. The van der Waals surface area contributed by atoms with Crippen LogP contribution < -0.4 is 24.3 Å². The number of hydrogen-bond acceptors (Lipinski definition) is 6. The molecule has 0 heterocycles. The van der Waals surface area contributed by atoms with Gasteiger partial charge < -0.3 is 18.9 Å². The predicted molar refractivity (Wildman–Crippen MR) is 121 cm³/mol. The van der Waals surface area contributed by atoms with Gasteiger partial charge in [0.05, 0.1) is 36.4 Å². The molecule has 31 heavy (non-hydrogen) atoms. The fourth-order valence-electron chi connectivity index (χ4n) is 3.25. The first kappa shape index (κ1) is 22.3. The van der Waals surface area contributed by atoms with Gasteiger partial charge in [0.25, 0.3) is 0 Å². The molecule has 3 aromatic carbocycles. The summed E-state index contributed by atoms with van der Waals surface area (Å²) in [5, 5.41) is 0.605. The number of ether oxygens (including phenoxy) is 4. The molecular weight excluding hydrogens is 415 g/mol. The predicted octanol–water partition coefficient (Wildman–Crippen LogP) is 4.51. The van der Waals surface area contributed by atoms with Gasteiger partial charge >= 0.3 is 0 Å². The molecule has 0 radical (unpaired) electrons. The second-order valence-corrected chi connectivity index (χ2v) is 8.36. The minimum Gasteiger partial charge on any atom is -0.496 e. The highest BCUT2D eigenvalue weighted by molar-refractivity contribution is 7.96. The Morgan fingerprint density at radius 3 is 1.23 bits per heavy atom. The van der Waals surface area contributed by atoms with Gasteiger partial charge in [-0.25, -0.2) is 0 Å². The summed E-state index contributed by atoms with van der Waals surface area (Å²) in [5.74, 6) is 1.36. The van der Waals surface area contributed by atoms with Crippen LogP contribution in [0.1, 0.15) is 20.7 Å². The molecule has 3 rings (SSSR count). The molecular formula is C24H23O6P. The van der Waals surface area contributed by atoms with Crippen LogP contribution in [0.15, 0.2) is 66.7 Å². The van der Waals surface area contributed by atoms with Gasteiger partial charge in [0.1, 0.15) is 34.1 Å². The van der Waals surface area contributed by atoms with Gasteiger partial charge in [-0.3, -0.25) is 9.59 Å². The van der Waals surface area contributed by atoms with Gasteiger partial charge in [-0.15, -0.1) is 0 Å². The van der Waals surface area contributed by atoms with E-state index in [-0.39, 0.29) is 22.2 Å².